The van der Waals surface area contributed by atoms with Crippen molar-refractivity contribution in [2.45, 2.75) is 83.1 Å². The topological polar surface area (TPSA) is 6.48 Å². The number of nitrogens with zero attached hydrogens (tertiary/aromatic N) is 2. The summed E-state index contributed by atoms with van der Waals surface area (Å²) < 4.78 is 5.05. The van der Waals surface area contributed by atoms with Crippen LogP contribution in [0.25, 0.3) is 44.5 Å². The van der Waals surface area contributed by atoms with E-state index in [1.165, 1.54) is 123 Å². The number of rotatable bonds is 6. The van der Waals surface area contributed by atoms with Crippen molar-refractivity contribution in [3.8, 4) is 44.5 Å². The van der Waals surface area contributed by atoms with Gasteiger partial charge >= 0.3 is 344 Å². The zero-order chi connectivity index (χ0) is 38.9. The molecule has 1 fully saturated rings. The van der Waals surface area contributed by atoms with E-state index in [4.69, 9.17) is 19.9 Å². The van der Waals surface area contributed by atoms with Crippen molar-refractivity contribution < 1.29 is 0 Å². The predicted octanol–water partition coefficient (Wildman–Crippen LogP) is 13.8. The first-order chi connectivity index (χ1) is 25.6. The average Bonchev–Trinajstić information content (AvgIpc) is 3.05. The molecule has 1 aliphatic heterocycles. The maximum atomic E-state index is 8.05. The molecular formula is C48H50As2Cl2N2. The second-order valence-corrected chi connectivity index (χ2v) is 27.0. The molecular weight excluding hydrogens is 825 g/mol. The Bertz CT molecular complexity index is 2060. The molecule has 0 N–H and O–H groups in total. The molecule has 0 amide bonds. The van der Waals surface area contributed by atoms with E-state index in [0.717, 1.165) is 0 Å². The Morgan fingerprint density at radius 1 is 0.333 bits per heavy atom. The van der Waals surface area contributed by atoms with Crippen LogP contribution in [0.2, 0.25) is 0 Å². The van der Waals surface area contributed by atoms with Gasteiger partial charge in [0.15, 0.2) is 0 Å². The van der Waals surface area contributed by atoms with Crippen LogP contribution in [0.3, 0.4) is 0 Å². The van der Waals surface area contributed by atoms with Crippen molar-refractivity contribution in [3.63, 3.8) is 0 Å². The molecule has 7 rings (SSSR count). The Hall–Kier alpha value is -3.38. The molecule has 1 heterocycles. The van der Waals surface area contributed by atoms with E-state index in [-0.39, 0.29) is 0 Å². The van der Waals surface area contributed by atoms with Gasteiger partial charge < -0.3 is 0 Å². The van der Waals surface area contributed by atoms with Crippen LogP contribution in [-0.2, 0) is 0 Å². The van der Waals surface area contributed by atoms with Gasteiger partial charge in [0.25, 0.3) is 0 Å². The molecule has 6 aromatic rings. The van der Waals surface area contributed by atoms with E-state index in [0.29, 0.717) is 0 Å². The molecule has 1 aliphatic rings. The predicted molar refractivity (Wildman–Crippen MR) is 240 cm³/mol. The number of aryl methyl sites for hydroxylation is 12. The number of para-hydroxylation sites is 2. The fraction of sp³-hybridized carbons (Fsp3) is 0.250. The molecule has 276 valence electrons. The van der Waals surface area contributed by atoms with Gasteiger partial charge in [-0.3, -0.25) is 0 Å². The summed E-state index contributed by atoms with van der Waals surface area (Å²) in [6.45, 7) is 26.6. The first-order valence-corrected chi connectivity index (χ1v) is 27.0. The minimum atomic E-state index is -2.51. The van der Waals surface area contributed by atoms with E-state index in [9.17, 15) is 0 Å². The van der Waals surface area contributed by atoms with Crippen molar-refractivity contribution in [2.24, 2.45) is 0 Å². The third-order valence-electron chi connectivity index (χ3n) is 10.9. The molecule has 0 spiro atoms. The average molecular weight is 876 g/mol. The van der Waals surface area contributed by atoms with Crippen molar-refractivity contribution in [3.05, 3.63) is 152 Å². The quantitative estimate of drug-likeness (QED) is 0.154. The van der Waals surface area contributed by atoms with Gasteiger partial charge in [-0.05, 0) is 0 Å². The Kier molecular flexibility index (Phi) is 10.8. The van der Waals surface area contributed by atoms with Crippen molar-refractivity contribution in [1.82, 2.24) is 0 Å². The van der Waals surface area contributed by atoms with Crippen LogP contribution >= 0.6 is 19.9 Å². The van der Waals surface area contributed by atoms with Crippen molar-refractivity contribution in [2.75, 3.05) is 5.47 Å². The molecule has 0 aliphatic carbocycles. The molecule has 2 nitrogen and oxygen atoms in total. The third-order valence-corrected chi connectivity index (χ3v) is 30.5. The van der Waals surface area contributed by atoms with Crippen LogP contribution in [0.5, 0.6) is 0 Å². The van der Waals surface area contributed by atoms with E-state index in [1.807, 2.05) is 0 Å². The summed E-state index contributed by atoms with van der Waals surface area (Å²) in [7, 11) is 16.1. The molecule has 0 unspecified atom stereocenters. The van der Waals surface area contributed by atoms with Gasteiger partial charge in [0.05, 0.1) is 0 Å². The van der Waals surface area contributed by atoms with Crippen LogP contribution in [0.1, 0.15) is 66.8 Å². The standard InChI is InChI=1S/C48H50As2Cl2N2/c1-27-19-31(5)43(32(6)20-27)39-15-13-16-40(44-33(7)21-28(2)22-34(44)8)47(39)53-49(51)54(50(53)52)48-41(45-35(9)23-29(3)24-36(45)10)17-14-18-42(48)46-37(11)25-30(4)26-38(46)12/h13-26H,1-12H3. The summed E-state index contributed by atoms with van der Waals surface area (Å²) in [5.41, 5.74) is 27.6. The monoisotopic (exact) mass is 874 g/mol. The molecule has 0 bridgehead atoms. The molecule has 1 saturated heterocycles. The van der Waals surface area contributed by atoms with Crippen LogP contribution in [-0.4, -0.2) is 28.3 Å². The molecule has 0 aromatic heterocycles. The van der Waals surface area contributed by atoms with Gasteiger partial charge in [-0.25, -0.2) is 0 Å². The van der Waals surface area contributed by atoms with Gasteiger partial charge in [-0.1, -0.05) is 0 Å². The Morgan fingerprint density at radius 2 is 0.519 bits per heavy atom. The van der Waals surface area contributed by atoms with E-state index in [2.05, 4.69) is 173 Å². The van der Waals surface area contributed by atoms with Gasteiger partial charge in [0, 0.05) is 0 Å². The SMILES string of the molecule is Cc1cc(C)c(-c2cccc(-c3c(C)cc(C)cc3C)c2N2[As](Cl)N(c3c(-c4c(C)cc(C)cc4C)cccc3-c3c(C)cc(C)cc3C)[As]2Cl)c(C)c1. The Labute approximate surface area is 341 Å². The first kappa shape index (κ1) is 38.9. The summed E-state index contributed by atoms with van der Waals surface area (Å²) in [4.78, 5) is 0. The number of hydrogen-bond acceptors (Lipinski definition) is 2. The second-order valence-electron chi connectivity index (χ2n) is 15.6. The second kappa shape index (κ2) is 14.9. The summed E-state index contributed by atoms with van der Waals surface area (Å²) in [6, 6.07) is 32.0. The number of anilines is 2. The molecule has 0 saturated carbocycles. The number of hydrogen-bond donors (Lipinski definition) is 0. The fourth-order valence-corrected chi connectivity index (χ4v) is 28.4. The van der Waals surface area contributed by atoms with E-state index in [1.54, 1.807) is 0 Å². The van der Waals surface area contributed by atoms with E-state index >= 15 is 0 Å². The van der Waals surface area contributed by atoms with Crippen LogP contribution in [0.15, 0.2) is 84.9 Å². The normalized spacial score (nSPS) is 15.5. The number of halogens is 2. The van der Waals surface area contributed by atoms with Gasteiger partial charge in [0.1, 0.15) is 0 Å². The van der Waals surface area contributed by atoms with Gasteiger partial charge in [0.2, 0.25) is 0 Å². The maximum absolute atomic E-state index is 8.05. The molecule has 0 radical (unpaired) electrons. The summed E-state index contributed by atoms with van der Waals surface area (Å²) in [6.07, 6.45) is 0. The number of benzene rings is 6. The van der Waals surface area contributed by atoms with Crippen molar-refractivity contribution >= 4 is 59.6 Å². The first-order valence-electron chi connectivity index (χ1n) is 18.7. The summed E-state index contributed by atoms with van der Waals surface area (Å²) in [5.74, 6) is 0. The van der Waals surface area contributed by atoms with Gasteiger partial charge in [-0.15, -0.1) is 0 Å². The van der Waals surface area contributed by atoms with Crippen LogP contribution in [0.4, 0.5) is 11.4 Å². The van der Waals surface area contributed by atoms with Crippen LogP contribution in [0, 0.1) is 83.1 Å². The zero-order valence-electron chi connectivity index (χ0n) is 33.6. The summed E-state index contributed by atoms with van der Waals surface area (Å²) in [5, 5.41) is 0. The van der Waals surface area contributed by atoms with E-state index < -0.39 is 28.3 Å². The minimum absolute atomic E-state index is 1.19. The fourth-order valence-electron chi connectivity index (χ4n) is 9.33. The van der Waals surface area contributed by atoms with Crippen molar-refractivity contribution in [1.29, 1.82) is 0 Å². The molecule has 6 aromatic carbocycles. The Morgan fingerprint density at radius 3 is 0.704 bits per heavy atom. The van der Waals surface area contributed by atoms with Gasteiger partial charge in [-0.2, -0.15) is 0 Å². The summed E-state index contributed by atoms with van der Waals surface area (Å²) >= 11 is -5.01. The zero-order valence-corrected chi connectivity index (χ0v) is 38.9. The van der Waals surface area contributed by atoms with Crippen LogP contribution < -0.4 is 5.47 Å². The molecule has 0 atom stereocenters. The molecule has 6 heteroatoms. The third kappa shape index (κ3) is 6.66. The Balaban J connectivity index is 1.51. The molecule has 54 heavy (non-hydrogen) atoms.